The van der Waals surface area contributed by atoms with E-state index in [1.54, 1.807) is 0 Å². The van der Waals surface area contributed by atoms with Crippen LogP contribution in [0.25, 0.3) is 0 Å². The summed E-state index contributed by atoms with van der Waals surface area (Å²) in [7, 11) is 0. The number of hydrogen-bond acceptors (Lipinski definition) is 5. The number of hydrogen-bond donors (Lipinski definition) is 2. The maximum Gasteiger partial charge on any atom is 0.262 e. The molecule has 2 aliphatic heterocycles. The third-order valence-electron chi connectivity index (χ3n) is 5.47. The van der Waals surface area contributed by atoms with E-state index in [0.717, 1.165) is 25.7 Å². The highest BCUT2D eigenvalue weighted by atomic mass is 35.5. The molecular weight excluding hydrogens is 386 g/mol. The van der Waals surface area contributed by atoms with E-state index >= 15 is 0 Å². The van der Waals surface area contributed by atoms with Crippen molar-refractivity contribution in [1.29, 1.82) is 0 Å². The summed E-state index contributed by atoms with van der Waals surface area (Å²) >= 11 is 6.17. The summed E-state index contributed by atoms with van der Waals surface area (Å²) < 4.78 is 5.32. The number of nitrogens with one attached hydrogen (secondary N) is 2. The molecule has 28 heavy (non-hydrogen) atoms. The van der Waals surface area contributed by atoms with Crippen LogP contribution < -0.4 is 15.4 Å². The van der Waals surface area contributed by atoms with Crippen molar-refractivity contribution in [3.05, 3.63) is 17.2 Å². The lowest BCUT2D eigenvalue weighted by atomic mass is 9.81. The summed E-state index contributed by atoms with van der Waals surface area (Å²) in [4.78, 5) is 49.8. The molecule has 1 aliphatic carbocycles. The van der Waals surface area contributed by atoms with E-state index < -0.39 is 0 Å². The molecule has 1 aromatic carbocycles. The molecule has 0 radical (unpaired) electrons. The number of amides is 4. The van der Waals surface area contributed by atoms with Crippen LogP contribution in [0, 0.1) is 11.8 Å². The molecular formula is C19H20ClN3O5. The second kappa shape index (κ2) is 7.43. The van der Waals surface area contributed by atoms with Gasteiger partial charge in [0.25, 0.3) is 5.91 Å². The molecule has 0 spiro atoms. The number of fused-ring (bicyclic) bond motifs is 2. The molecule has 2 atom stereocenters. The zero-order chi connectivity index (χ0) is 19.8. The van der Waals surface area contributed by atoms with Gasteiger partial charge in [-0.15, -0.1) is 0 Å². The summed E-state index contributed by atoms with van der Waals surface area (Å²) in [5, 5.41) is 5.56. The Bertz CT molecular complexity index is 847. The van der Waals surface area contributed by atoms with Crippen LogP contribution in [0.2, 0.25) is 5.02 Å². The largest absolute Gasteiger partial charge is 0.482 e. The zero-order valence-corrected chi connectivity index (χ0v) is 15.9. The lowest BCUT2D eigenvalue weighted by Crippen LogP contribution is -2.34. The van der Waals surface area contributed by atoms with E-state index in [0.29, 0.717) is 17.1 Å². The highest BCUT2D eigenvalue weighted by Gasteiger charge is 2.47. The molecule has 2 unspecified atom stereocenters. The average Bonchev–Trinajstić information content (AvgIpc) is 2.92. The van der Waals surface area contributed by atoms with Gasteiger partial charge in [-0.25, -0.2) is 0 Å². The summed E-state index contributed by atoms with van der Waals surface area (Å²) in [5.41, 5.74) is 0.782. The molecule has 2 fully saturated rings. The third-order valence-corrected chi connectivity index (χ3v) is 5.78. The van der Waals surface area contributed by atoms with Gasteiger partial charge in [0.1, 0.15) is 5.75 Å². The summed E-state index contributed by atoms with van der Waals surface area (Å²) in [6.07, 6.45) is 3.42. The standard InChI is InChI=1S/C19H20ClN3O5/c20-12-7-14-15(28-9-17(25)22-14)8-13(12)21-16(24)5-6-23-18(26)10-3-1-2-4-11(10)19(23)27/h7-8,10-11H,1-6,9H2,(H,21,24)(H,22,25). The van der Waals surface area contributed by atoms with E-state index in [1.165, 1.54) is 17.0 Å². The van der Waals surface area contributed by atoms with Gasteiger partial charge in [-0.2, -0.15) is 0 Å². The SMILES string of the molecule is O=C(CCN1C(=O)C2CCCCC2C1=O)Nc1cc2c(cc1Cl)NC(=O)CO2. The molecule has 1 saturated heterocycles. The van der Waals surface area contributed by atoms with E-state index in [9.17, 15) is 19.2 Å². The maximum atomic E-state index is 12.5. The van der Waals surface area contributed by atoms with Gasteiger partial charge in [-0.1, -0.05) is 24.4 Å². The number of ether oxygens (including phenoxy) is 1. The lowest BCUT2D eigenvalue weighted by Gasteiger charge is -2.20. The van der Waals surface area contributed by atoms with Crippen LogP contribution in [0.1, 0.15) is 32.1 Å². The Kier molecular flexibility index (Phi) is 4.97. The molecule has 4 amide bonds. The molecule has 3 aliphatic rings. The number of carbonyl (C=O) groups excluding carboxylic acids is 4. The van der Waals surface area contributed by atoms with Gasteiger partial charge in [0.2, 0.25) is 17.7 Å². The molecule has 148 valence electrons. The highest BCUT2D eigenvalue weighted by Crippen LogP contribution is 2.38. The summed E-state index contributed by atoms with van der Waals surface area (Å²) in [5.74, 6) is -0.971. The molecule has 1 saturated carbocycles. The van der Waals surface area contributed by atoms with Gasteiger partial charge < -0.3 is 15.4 Å². The van der Waals surface area contributed by atoms with Crippen LogP contribution in [0.4, 0.5) is 11.4 Å². The Morgan fingerprint density at radius 3 is 2.54 bits per heavy atom. The predicted molar refractivity (Wildman–Crippen MR) is 101 cm³/mol. The molecule has 4 rings (SSSR count). The van der Waals surface area contributed by atoms with E-state index in [2.05, 4.69) is 10.6 Å². The Morgan fingerprint density at radius 2 is 1.86 bits per heavy atom. The van der Waals surface area contributed by atoms with Crippen LogP contribution in [0.15, 0.2) is 12.1 Å². The molecule has 1 aromatic rings. The second-order valence-electron chi connectivity index (χ2n) is 7.29. The molecule has 8 nitrogen and oxygen atoms in total. The van der Waals surface area contributed by atoms with Crippen molar-refractivity contribution in [2.45, 2.75) is 32.1 Å². The van der Waals surface area contributed by atoms with Gasteiger partial charge in [-0.05, 0) is 18.9 Å². The van der Waals surface area contributed by atoms with Crippen LogP contribution in [0.3, 0.4) is 0 Å². The number of carbonyl (C=O) groups is 4. The van der Waals surface area contributed by atoms with Crippen molar-refractivity contribution >= 4 is 46.6 Å². The fourth-order valence-corrected chi connectivity index (χ4v) is 4.28. The fraction of sp³-hybridized carbons (Fsp3) is 0.474. The first-order valence-electron chi connectivity index (χ1n) is 9.35. The van der Waals surface area contributed by atoms with Gasteiger partial charge in [0.05, 0.1) is 28.2 Å². The first-order valence-corrected chi connectivity index (χ1v) is 9.73. The van der Waals surface area contributed by atoms with Crippen molar-refractivity contribution in [1.82, 2.24) is 4.90 Å². The molecule has 9 heteroatoms. The molecule has 0 aromatic heterocycles. The quantitative estimate of drug-likeness (QED) is 0.747. The maximum absolute atomic E-state index is 12.5. The van der Waals surface area contributed by atoms with Crippen molar-refractivity contribution in [3.8, 4) is 5.75 Å². The smallest absolute Gasteiger partial charge is 0.262 e. The molecule has 2 heterocycles. The van der Waals surface area contributed by atoms with Gasteiger partial charge >= 0.3 is 0 Å². The van der Waals surface area contributed by atoms with Crippen molar-refractivity contribution in [3.63, 3.8) is 0 Å². The van der Waals surface area contributed by atoms with Crippen molar-refractivity contribution < 1.29 is 23.9 Å². The Hall–Kier alpha value is -2.61. The Morgan fingerprint density at radius 1 is 1.18 bits per heavy atom. The third kappa shape index (κ3) is 3.44. The van der Waals surface area contributed by atoms with Gasteiger partial charge in [0.15, 0.2) is 6.61 Å². The Labute approximate surface area is 166 Å². The molecule has 2 N–H and O–H groups in total. The first-order chi connectivity index (χ1) is 13.4. The number of likely N-dealkylation sites (tertiary alicyclic amines) is 1. The fourth-order valence-electron chi connectivity index (χ4n) is 4.07. The van der Waals surface area contributed by atoms with Crippen LogP contribution in [-0.2, 0) is 19.2 Å². The number of benzene rings is 1. The predicted octanol–water partition coefficient (Wildman–Crippen LogP) is 2.17. The highest BCUT2D eigenvalue weighted by molar-refractivity contribution is 6.34. The number of anilines is 2. The van der Waals surface area contributed by atoms with Crippen LogP contribution in [-0.4, -0.2) is 41.7 Å². The number of nitrogens with zero attached hydrogens (tertiary/aromatic N) is 1. The minimum atomic E-state index is -0.364. The van der Waals surface area contributed by atoms with Gasteiger partial charge in [-0.3, -0.25) is 24.1 Å². The van der Waals surface area contributed by atoms with Crippen molar-refractivity contribution in [2.24, 2.45) is 11.8 Å². The van der Waals surface area contributed by atoms with E-state index in [4.69, 9.17) is 16.3 Å². The summed E-state index contributed by atoms with van der Waals surface area (Å²) in [6.45, 7) is -0.0465. The van der Waals surface area contributed by atoms with Crippen LogP contribution in [0.5, 0.6) is 5.75 Å². The van der Waals surface area contributed by atoms with Crippen LogP contribution >= 0.6 is 11.6 Å². The summed E-state index contributed by atoms with van der Waals surface area (Å²) in [6, 6.07) is 3.04. The second-order valence-corrected chi connectivity index (χ2v) is 7.70. The van der Waals surface area contributed by atoms with Gasteiger partial charge in [0, 0.05) is 19.0 Å². The average molecular weight is 406 g/mol. The minimum absolute atomic E-state index is 0.0120. The Balaban J connectivity index is 1.38. The lowest BCUT2D eigenvalue weighted by molar-refractivity contribution is -0.140. The first kappa shape index (κ1) is 18.7. The monoisotopic (exact) mass is 405 g/mol. The minimum Gasteiger partial charge on any atom is -0.482 e. The van der Waals surface area contributed by atoms with E-state index in [-0.39, 0.29) is 60.1 Å². The number of halogens is 1. The topological polar surface area (TPSA) is 105 Å². The normalized spacial score (nSPS) is 23.6. The number of rotatable bonds is 4. The van der Waals surface area contributed by atoms with E-state index in [1.807, 2.05) is 0 Å². The molecule has 0 bridgehead atoms. The zero-order valence-electron chi connectivity index (χ0n) is 15.1. The van der Waals surface area contributed by atoms with Crippen molar-refractivity contribution in [2.75, 3.05) is 23.8 Å². The number of imide groups is 1.